The lowest BCUT2D eigenvalue weighted by Crippen LogP contribution is -1.99. The van der Waals surface area contributed by atoms with E-state index in [1.165, 1.54) is 12.3 Å². The maximum absolute atomic E-state index is 11.0. The lowest BCUT2D eigenvalue weighted by atomic mass is 10.2. The molecule has 0 radical (unpaired) electrons. The monoisotopic (exact) mass is 272 g/mol. The number of pyridine rings is 1. The second kappa shape index (κ2) is 4.40. The highest BCUT2D eigenvalue weighted by atomic mass is 35.5. The molecule has 1 N–H and O–H groups in total. The molecule has 0 spiro atoms. The van der Waals surface area contributed by atoms with Gasteiger partial charge in [-0.3, -0.25) is 4.40 Å². The summed E-state index contributed by atoms with van der Waals surface area (Å²) in [6.45, 7) is 0. The number of carbonyl (C=O) groups is 1. The average molecular weight is 273 g/mol. The van der Waals surface area contributed by atoms with Crippen molar-refractivity contribution in [2.45, 2.75) is 0 Å². The Labute approximate surface area is 113 Å². The van der Waals surface area contributed by atoms with Crippen molar-refractivity contribution in [1.82, 2.24) is 9.38 Å². The van der Waals surface area contributed by atoms with Crippen molar-refractivity contribution in [1.29, 1.82) is 0 Å². The minimum absolute atomic E-state index is 0.193. The molecule has 0 bridgehead atoms. The molecule has 0 aliphatic rings. The van der Waals surface area contributed by atoms with Crippen LogP contribution in [-0.2, 0) is 0 Å². The largest absolute Gasteiger partial charge is 0.478 e. The average Bonchev–Trinajstić information content (AvgIpc) is 2.77. The summed E-state index contributed by atoms with van der Waals surface area (Å²) in [5.41, 5.74) is 1.76. The predicted molar refractivity (Wildman–Crippen MR) is 72.6 cm³/mol. The number of hydrogen-bond donors (Lipinski definition) is 1. The predicted octanol–water partition coefficient (Wildman–Crippen LogP) is 3.35. The van der Waals surface area contributed by atoms with Gasteiger partial charge in [0.2, 0.25) is 0 Å². The molecule has 2 aromatic heterocycles. The first-order valence-electron chi connectivity index (χ1n) is 5.63. The summed E-state index contributed by atoms with van der Waals surface area (Å²) in [5, 5.41) is 9.40. The molecular formula is C14H9ClN2O2. The molecule has 94 valence electrons. The van der Waals surface area contributed by atoms with Gasteiger partial charge in [-0.2, -0.15) is 0 Å². The molecule has 3 aromatic rings. The standard InChI is InChI=1S/C14H9ClN2O2/c15-12-11-7-6-10(14(18)19)8-17(11)13(16-12)9-4-2-1-3-5-9/h1-8H,(H,18,19). The Balaban J connectivity index is 2.30. The normalized spacial score (nSPS) is 10.8. The summed E-state index contributed by atoms with van der Waals surface area (Å²) < 4.78 is 1.70. The number of rotatable bonds is 2. The summed E-state index contributed by atoms with van der Waals surface area (Å²) in [4.78, 5) is 15.3. The van der Waals surface area contributed by atoms with E-state index in [0.29, 0.717) is 16.5 Å². The molecule has 4 nitrogen and oxygen atoms in total. The van der Waals surface area contributed by atoms with Gasteiger partial charge < -0.3 is 5.11 Å². The van der Waals surface area contributed by atoms with Crippen molar-refractivity contribution < 1.29 is 9.90 Å². The quantitative estimate of drug-likeness (QED) is 0.778. The Morgan fingerprint density at radius 3 is 2.58 bits per heavy atom. The van der Waals surface area contributed by atoms with Crippen LogP contribution in [-0.4, -0.2) is 20.5 Å². The summed E-state index contributed by atoms with van der Waals surface area (Å²) in [6.07, 6.45) is 1.53. The molecule has 0 fully saturated rings. The number of fused-ring (bicyclic) bond motifs is 1. The smallest absolute Gasteiger partial charge is 0.337 e. The van der Waals surface area contributed by atoms with E-state index in [1.54, 1.807) is 10.5 Å². The van der Waals surface area contributed by atoms with Crippen LogP contribution < -0.4 is 0 Å². The molecule has 2 heterocycles. The highest BCUT2D eigenvalue weighted by molar-refractivity contribution is 6.32. The number of imidazole rings is 1. The lowest BCUT2D eigenvalue weighted by molar-refractivity contribution is 0.0696. The molecule has 3 rings (SSSR count). The van der Waals surface area contributed by atoms with Crippen molar-refractivity contribution in [2.75, 3.05) is 0 Å². The van der Waals surface area contributed by atoms with Crippen LogP contribution in [0.3, 0.4) is 0 Å². The van der Waals surface area contributed by atoms with Crippen molar-refractivity contribution in [3.8, 4) is 11.4 Å². The maximum atomic E-state index is 11.0. The van der Waals surface area contributed by atoms with Gasteiger partial charge in [0, 0.05) is 11.8 Å². The highest BCUT2D eigenvalue weighted by Gasteiger charge is 2.13. The van der Waals surface area contributed by atoms with Crippen molar-refractivity contribution in [3.05, 3.63) is 59.4 Å². The fourth-order valence-electron chi connectivity index (χ4n) is 1.97. The number of carboxylic acids is 1. The summed E-state index contributed by atoms with van der Waals surface area (Å²) in [7, 11) is 0. The van der Waals surface area contributed by atoms with E-state index in [1.807, 2.05) is 30.3 Å². The van der Waals surface area contributed by atoms with E-state index in [2.05, 4.69) is 4.98 Å². The van der Waals surface area contributed by atoms with Crippen LogP contribution in [0.5, 0.6) is 0 Å². The van der Waals surface area contributed by atoms with Crippen molar-refractivity contribution in [3.63, 3.8) is 0 Å². The molecule has 0 aliphatic carbocycles. The number of carboxylic acid groups (broad SMARTS) is 1. The molecule has 0 aliphatic heterocycles. The molecule has 0 atom stereocenters. The molecule has 1 aromatic carbocycles. The number of aromatic carboxylic acids is 1. The van der Waals surface area contributed by atoms with Gasteiger partial charge in [0.15, 0.2) is 5.15 Å². The topological polar surface area (TPSA) is 54.6 Å². The van der Waals surface area contributed by atoms with Crippen LogP contribution in [0.15, 0.2) is 48.7 Å². The molecule has 0 saturated carbocycles. The van der Waals surface area contributed by atoms with Gasteiger partial charge in [-0.05, 0) is 12.1 Å². The first kappa shape index (κ1) is 11.7. The van der Waals surface area contributed by atoms with E-state index in [0.717, 1.165) is 5.56 Å². The van der Waals surface area contributed by atoms with Crippen LogP contribution in [0.1, 0.15) is 10.4 Å². The van der Waals surface area contributed by atoms with E-state index >= 15 is 0 Å². The van der Waals surface area contributed by atoms with Crippen molar-refractivity contribution in [2.24, 2.45) is 0 Å². The number of aromatic nitrogens is 2. The third-order valence-corrected chi connectivity index (χ3v) is 3.15. The third-order valence-electron chi connectivity index (χ3n) is 2.87. The van der Waals surface area contributed by atoms with Gasteiger partial charge in [0.25, 0.3) is 0 Å². The molecule has 5 heteroatoms. The van der Waals surface area contributed by atoms with Crippen LogP contribution in [0.4, 0.5) is 0 Å². The van der Waals surface area contributed by atoms with Crippen LogP contribution in [0.2, 0.25) is 5.15 Å². The van der Waals surface area contributed by atoms with Crippen LogP contribution in [0.25, 0.3) is 16.9 Å². The molecule has 0 amide bonds. The van der Waals surface area contributed by atoms with Crippen LogP contribution in [0, 0.1) is 0 Å². The van der Waals surface area contributed by atoms with Crippen LogP contribution >= 0.6 is 11.6 Å². The molecule has 0 saturated heterocycles. The zero-order valence-electron chi connectivity index (χ0n) is 9.75. The van der Waals surface area contributed by atoms with Crippen molar-refractivity contribution >= 4 is 23.1 Å². The second-order valence-corrected chi connectivity index (χ2v) is 4.43. The molecule has 0 unspecified atom stereocenters. The van der Waals surface area contributed by atoms with Gasteiger partial charge in [0.05, 0.1) is 11.1 Å². The zero-order valence-corrected chi connectivity index (χ0v) is 10.5. The maximum Gasteiger partial charge on any atom is 0.337 e. The minimum atomic E-state index is -0.981. The van der Waals surface area contributed by atoms with Gasteiger partial charge >= 0.3 is 5.97 Å². The fraction of sp³-hybridized carbons (Fsp3) is 0. The van der Waals surface area contributed by atoms with Gasteiger partial charge in [-0.1, -0.05) is 41.9 Å². The van der Waals surface area contributed by atoms with E-state index in [-0.39, 0.29) is 5.56 Å². The Kier molecular flexibility index (Phi) is 2.72. The van der Waals surface area contributed by atoms with E-state index in [9.17, 15) is 4.79 Å². The summed E-state index contributed by atoms with van der Waals surface area (Å²) in [6, 6.07) is 12.7. The Hall–Kier alpha value is -2.33. The Morgan fingerprint density at radius 2 is 1.89 bits per heavy atom. The van der Waals surface area contributed by atoms with Gasteiger partial charge in [-0.25, -0.2) is 9.78 Å². The number of nitrogens with zero attached hydrogens (tertiary/aromatic N) is 2. The SMILES string of the molecule is O=C(O)c1ccc2c(Cl)nc(-c3ccccc3)n2c1. The first-order chi connectivity index (χ1) is 9.16. The molecule has 19 heavy (non-hydrogen) atoms. The second-order valence-electron chi connectivity index (χ2n) is 4.07. The number of benzene rings is 1. The number of hydrogen-bond acceptors (Lipinski definition) is 2. The third kappa shape index (κ3) is 1.96. The number of halogens is 1. The minimum Gasteiger partial charge on any atom is -0.478 e. The lowest BCUT2D eigenvalue weighted by Gasteiger charge is -2.02. The van der Waals surface area contributed by atoms with Gasteiger partial charge in [0.1, 0.15) is 5.82 Å². The van der Waals surface area contributed by atoms with Gasteiger partial charge in [-0.15, -0.1) is 0 Å². The Morgan fingerprint density at radius 1 is 1.16 bits per heavy atom. The fourth-order valence-corrected chi connectivity index (χ4v) is 2.20. The zero-order chi connectivity index (χ0) is 13.4. The summed E-state index contributed by atoms with van der Waals surface area (Å²) in [5.74, 6) is -0.352. The Bertz CT molecular complexity index is 766. The van der Waals surface area contributed by atoms with E-state index in [4.69, 9.17) is 16.7 Å². The highest BCUT2D eigenvalue weighted by Crippen LogP contribution is 2.26. The summed E-state index contributed by atoms with van der Waals surface area (Å²) >= 11 is 6.08. The molecular weight excluding hydrogens is 264 g/mol. The first-order valence-corrected chi connectivity index (χ1v) is 6.01. The van der Waals surface area contributed by atoms with E-state index < -0.39 is 5.97 Å².